The Balaban J connectivity index is 1.53. The zero-order chi connectivity index (χ0) is 16.9. The van der Waals surface area contributed by atoms with Crippen LogP contribution in [-0.2, 0) is 16.1 Å². The van der Waals surface area contributed by atoms with E-state index in [1.165, 1.54) is 5.56 Å². The third-order valence-corrected chi connectivity index (χ3v) is 4.62. The highest BCUT2D eigenvalue weighted by atomic mass is 16.5. The zero-order valence-corrected chi connectivity index (χ0v) is 14.7. The second kappa shape index (κ2) is 7.99. The summed E-state index contributed by atoms with van der Waals surface area (Å²) in [4.78, 5) is 16.8. The lowest BCUT2D eigenvalue weighted by Crippen LogP contribution is -2.51. The number of hydrogen-bond acceptors (Lipinski definition) is 4. The number of hydrogen-bond donors (Lipinski definition) is 0. The summed E-state index contributed by atoms with van der Waals surface area (Å²) in [6, 6.07) is 8.23. The van der Waals surface area contributed by atoms with Gasteiger partial charge in [0.1, 0.15) is 11.9 Å². The molecule has 0 saturated carbocycles. The van der Waals surface area contributed by atoms with E-state index in [1.54, 1.807) is 0 Å². The van der Waals surface area contributed by atoms with Crippen LogP contribution in [0.1, 0.15) is 32.3 Å². The highest BCUT2D eigenvalue weighted by Crippen LogP contribution is 2.22. The fraction of sp³-hybridized carbons (Fsp3) is 0.632. The van der Waals surface area contributed by atoms with E-state index in [2.05, 4.69) is 17.0 Å². The molecule has 0 N–H and O–H groups in total. The molecule has 0 radical (unpaired) electrons. The van der Waals surface area contributed by atoms with Gasteiger partial charge in [-0.1, -0.05) is 18.2 Å². The molecule has 1 aromatic carbocycles. The average Bonchev–Trinajstić information content (AvgIpc) is 3.11. The maximum atomic E-state index is 12.4. The van der Waals surface area contributed by atoms with Gasteiger partial charge >= 0.3 is 0 Å². The molecule has 2 aliphatic heterocycles. The molecule has 2 heterocycles. The number of nitrogens with zero attached hydrogens (tertiary/aromatic N) is 2. The van der Waals surface area contributed by atoms with E-state index < -0.39 is 0 Å². The minimum Gasteiger partial charge on any atom is -0.491 e. The molecule has 1 atom stereocenters. The molecule has 0 aliphatic carbocycles. The molecule has 2 aliphatic rings. The number of piperazine rings is 1. The van der Waals surface area contributed by atoms with Crippen molar-refractivity contribution in [1.82, 2.24) is 9.80 Å². The Bertz CT molecular complexity index is 547. The van der Waals surface area contributed by atoms with Crippen LogP contribution in [0.25, 0.3) is 0 Å². The highest BCUT2D eigenvalue weighted by molar-refractivity contribution is 5.81. The van der Waals surface area contributed by atoms with Gasteiger partial charge in [-0.2, -0.15) is 0 Å². The van der Waals surface area contributed by atoms with Gasteiger partial charge in [-0.3, -0.25) is 9.69 Å². The van der Waals surface area contributed by atoms with Crippen LogP contribution >= 0.6 is 0 Å². The van der Waals surface area contributed by atoms with Crippen molar-refractivity contribution in [3.05, 3.63) is 29.8 Å². The van der Waals surface area contributed by atoms with Crippen LogP contribution in [0.15, 0.2) is 24.3 Å². The summed E-state index contributed by atoms with van der Waals surface area (Å²) in [5.74, 6) is 1.14. The molecule has 24 heavy (non-hydrogen) atoms. The predicted molar refractivity (Wildman–Crippen MR) is 93.0 cm³/mol. The van der Waals surface area contributed by atoms with E-state index in [9.17, 15) is 4.79 Å². The lowest BCUT2D eigenvalue weighted by Gasteiger charge is -2.36. The van der Waals surface area contributed by atoms with E-state index >= 15 is 0 Å². The van der Waals surface area contributed by atoms with Gasteiger partial charge in [0, 0.05) is 44.9 Å². The predicted octanol–water partition coefficient (Wildman–Crippen LogP) is 2.30. The van der Waals surface area contributed by atoms with Crippen LogP contribution in [-0.4, -0.2) is 60.7 Å². The Kier molecular flexibility index (Phi) is 5.74. The van der Waals surface area contributed by atoms with Gasteiger partial charge in [0.2, 0.25) is 0 Å². The second-order valence-corrected chi connectivity index (χ2v) is 6.88. The van der Waals surface area contributed by atoms with Crippen molar-refractivity contribution in [3.8, 4) is 5.75 Å². The molecule has 5 heteroatoms. The van der Waals surface area contributed by atoms with Crippen molar-refractivity contribution in [1.29, 1.82) is 0 Å². The first-order valence-corrected chi connectivity index (χ1v) is 9.01. The van der Waals surface area contributed by atoms with E-state index in [0.717, 1.165) is 57.9 Å². The first-order chi connectivity index (χ1) is 11.6. The van der Waals surface area contributed by atoms with Gasteiger partial charge < -0.3 is 14.4 Å². The van der Waals surface area contributed by atoms with Crippen LogP contribution in [0.2, 0.25) is 0 Å². The summed E-state index contributed by atoms with van der Waals surface area (Å²) in [6.45, 7) is 9.05. The fourth-order valence-corrected chi connectivity index (χ4v) is 3.35. The maximum Gasteiger partial charge on any atom is 0.251 e. The first-order valence-electron chi connectivity index (χ1n) is 9.01. The number of carbonyl (C=O) groups is 1. The Morgan fingerprint density at radius 3 is 2.67 bits per heavy atom. The van der Waals surface area contributed by atoms with Crippen molar-refractivity contribution in [2.45, 2.75) is 45.4 Å². The fourth-order valence-electron chi connectivity index (χ4n) is 3.35. The second-order valence-electron chi connectivity index (χ2n) is 6.88. The largest absolute Gasteiger partial charge is 0.491 e. The van der Waals surface area contributed by atoms with Gasteiger partial charge in [-0.25, -0.2) is 0 Å². The van der Waals surface area contributed by atoms with E-state index in [-0.39, 0.29) is 18.1 Å². The SMILES string of the molecule is CC(C)Oc1ccccc1CN1CCN(C(=O)C2CCCO2)CC1. The smallest absolute Gasteiger partial charge is 0.251 e. The molecule has 1 aromatic rings. The van der Waals surface area contributed by atoms with Crippen molar-refractivity contribution in [2.75, 3.05) is 32.8 Å². The topological polar surface area (TPSA) is 42.0 Å². The van der Waals surface area contributed by atoms with Gasteiger partial charge in [0.05, 0.1) is 6.10 Å². The Hall–Kier alpha value is -1.59. The summed E-state index contributed by atoms with van der Waals surface area (Å²) >= 11 is 0. The Labute approximate surface area is 144 Å². The molecule has 0 bridgehead atoms. The standard InChI is InChI=1S/C19H28N2O3/c1-15(2)24-17-7-4-3-6-16(17)14-20-9-11-21(12-10-20)19(22)18-8-5-13-23-18/h3-4,6-7,15,18H,5,8-14H2,1-2H3. The van der Waals surface area contributed by atoms with Crippen LogP contribution in [0, 0.1) is 0 Å². The summed E-state index contributed by atoms with van der Waals surface area (Å²) in [7, 11) is 0. The minimum absolute atomic E-state index is 0.173. The normalized spacial score (nSPS) is 22.1. The van der Waals surface area contributed by atoms with E-state index in [4.69, 9.17) is 9.47 Å². The highest BCUT2D eigenvalue weighted by Gasteiger charge is 2.30. The van der Waals surface area contributed by atoms with Crippen LogP contribution in [0.4, 0.5) is 0 Å². The molecule has 5 nitrogen and oxygen atoms in total. The molecular formula is C19H28N2O3. The number of para-hydroxylation sites is 1. The van der Waals surface area contributed by atoms with Gasteiger partial charge in [0.25, 0.3) is 5.91 Å². The van der Waals surface area contributed by atoms with Crippen LogP contribution in [0.5, 0.6) is 5.75 Å². The summed E-state index contributed by atoms with van der Waals surface area (Å²) in [5, 5.41) is 0. The number of amides is 1. The van der Waals surface area contributed by atoms with Crippen LogP contribution in [0.3, 0.4) is 0 Å². The van der Waals surface area contributed by atoms with E-state index in [0.29, 0.717) is 0 Å². The van der Waals surface area contributed by atoms with Crippen molar-refractivity contribution in [2.24, 2.45) is 0 Å². The van der Waals surface area contributed by atoms with Crippen molar-refractivity contribution >= 4 is 5.91 Å². The summed E-state index contributed by atoms with van der Waals surface area (Å²) in [6.07, 6.45) is 1.85. The number of rotatable bonds is 5. The Morgan fingerprint density at radius 1 is 1.25 bits per heavy atom. The van der Waals surface area contributed by atoms with Gasteiger partial charge in [-0.05, 0) is 32.8 Å². The zero-order valence-electron chi connectivity index (χ0n) is 14.7. The number of ether oxygens (including phenoxy) is 2. The van der Waals surface area contributed by atoms with Gasteiger partial charge in [-0.15, -0.1) is 0 Å². The molecule has 0 spiro atoms. The first kappa shape index (κ1) is 17.2. The summed E-state index contributed by atoms with van der Waals surface area (Å²) < 4.78 is 11.4. The third kappa shape index (κ3) is 4.28. The van der Waals surface area contributed by atoms with Crippen LogP contribution < -0.4 is 4.74 Å². The maximum absolute atomic E-state index is 12.4. The lowest BCUT2D eigenvalue weighted by molar-refractivity contribution is -0.142. The van der Waals surface area contributed by atoms with Crippen molar-refractivity contribution in [3.63, 3.8) is 0 Å². The Morgan fingerprint density at radius 2 is 2.00 bits per heavy atom. The molecule has 2 saturated heterocycles. The molecule has 132 valence electrons. The number of carbonyl (C=O) groups excluding carboxylic acids is 1. The molecule has 0 aromatic heterocycles. The monoisotopic (exact) mass is 332 g/mol. The molecule has 3 rings (SSSR count). The quantitative estimate of drug-likeness (QED) is 0.830. The third-order valence-electron chi connectivity index (χ3n) is 4.62. The number of benzene rings is 1. The lowest BCUT2D eigenvalue weighted by atomic mass is 10.1. The van der Waals surface area contributed by atoms with Crippen molar-refractivity contribution < 1.29 is 14.3 Å². The molecule has 1 amide bonds. The summed E-state index contributed by atoms with van der Waals surface area (Å²) in [5.41, 5.74) is 1.21. The molecular weight excluding hydrogens is 304 g/mol. The van der Waals surface area contributed by atoms with E-state index in [1.807, 2.05) is 30.9 Å². The minimum atomic E-state index is -0.197. The molecule has 1 unspecified atom stereocenters. The molecule has 2 fully saturated rings. The average molecular weight is 332 g/mol. The van der Waals surface area contributed by atoms with Gasteiger partial charge in [0.15, 0.2) is 0 Å².